The van der Waals surface area contributed by atoms with Gasteiger partial charge in [0.15, 0.2) is 0 Å². The van der Waals surface area contributed by atoms with Crippen LogP contribution in [-0.2, 0) is 6.54 Å². The number of hydrogen-bond donors (Lipinski definition) is 2. The van der Waals surface area contributed by atoms with Crippen LogP contribution in [0.3, 0.4) is 0 Å². The molecule has 0 amide bonds. The summed E-state index contributed by atoms with van der Waals surface area (Å²) in [5.41, 5.74) is 0.685. The molecular formula is C13H19BrN2O3. The highest BCUT2D eigenvalue weighted by Gasteiger charge is 2.21. The molecule has 0 heterocycles. The van der Waals surface area contributed by atoms with Crippen LogP contribution in [0.1, 0.15) is 26.3 Å². The van der Waals surface area contributed by atoms with E-state index in [1.165, 1.54) is 6.07 Å². The molecule has 1 aromatic rings. The molecule has 1 atom stereocenters. The Kier molecular flexibility index (Phi) is 5.46. The molecule has 0 aliphatic heterocycles. The number of benzene rings is 1. The van der Waals surface area contributed by atoms with Gasteiger partial charge in [0.05, 0.1) is 15.5 Å². The van der Waals surface area contributed by atoms with Crippen LogP contribution in [0.2, 0.25) is 0 Å². The van der Waals surface area contributed by atoms with Gasteiger partial charge in [0.25, 0.3) is 5.69 Å². The molecule has 0 aliphatic carbocycles. The van der Waals surface area contributed by atoms with Crippen molar-refractivity contribution >= 4 is 21.6 Å². The number of halogens is 1. The minimum absolute atomic E-state index is 0.0515. The molecule has 5 nitrogen and oxygen atoms in total. The standard InChI is InChI=1S/C13H19BrN2O3/c1-13(2,3)12(17)8-15-7-9-4-5-10(14)11(6-9)16(18)19/h4-6,12,15,17H,7-8H2,1-3H3. The van der Waals surface area contributed by atoms with Crippen molar-refractivity contribution in [2.45, 2.75) is 33.4 Å². The lowest BCUT2D eigenvalue weighted by Gasteiger charge is -2.26. The van der Waals surface area contributed by atoms with Crippen LogP contribution >= 0.6 is 15.9 Å². The predicted octanol–water partition coefficient (Wildman–Crippen LogP) is 2.85. The first kappa shape index (κ1) is 16.1. The van der Waals surface area contributed by atoms with Crippen molar-refractivity contribution in [1.29, 1.82) is 0 Å². The summed E-state index contributed by atoms with van der Waals surface area (Å²) in [6.07, 6.45) is -0.460. The maximum Gasteiger partial charge on any atom is 0.283 e. The second-order valence-electron chi connectivity index (χ2n) is 5.56. The maximum absolute atomic E-state index is 10.8. The molecule has 0 aliphatic rings. The molecule has 1 unspecified atom stereocenters. The van der Waals surface area contributed by atoms with E-state index in [1.807, 2.05) is 26.8 Å². The second-order valence-corrected chi connectivity index (χ2v) is 6.41. The lowest BCUT2D eigenvalue weighted by molar-refractivity contribution is -0.385. The molecule has 0 bridgehead atoms. The Balaban J connectivity index is 2.60. The van der Waals surface area contributed by atoms with E-state index in [0.717, 1.165) is 5.56 Å². The van der Waals surface area contributed by atoms with Gasteiger partial charge in [-0.3, -0.25) is 10.1 Å². The SMILES string of the molecule is CC(C)(C)C(O)CNCc1ccc(Br)c([N+](=O)[O-])c1. The van der Waals surface area contributed by atoms with Crippen molar-refractivity contribution in [1.82, 2.24) is 5.32 Å². The molecule has 2 N–H and O–H groups in total. The number of aliphatic hydroxyl groups excluding tert-OH is 1. The topological polar surface area (TPSA) is 75.4 Å². The molecule has 1 rings (SSSR count). The highest BCUT2D eigenvalue weighted by atomic mass is 79.9. The number of rotatable bonds is 5. The molecule has 1 aromatic carbocycles. The lowest BCUT2D eigenvalue weighted by Crippen LogP contribution is -2.36. The van der Waals surface area contributed by atoms with Gasteiger partial charge in [0, 0.05) is 19.2 Å². The zero-order chi connectivity index (χ0) is 14.6. The normalized spacial score (nSPS) is 13.3. The Bertz CT molecular complexity index is 458. The van der Waals surface area contributed by atoms with Crippen molar-refractivity contribution < 1.29 is 10.0 Å². The van der Waals surface area contributed by atoms with E-state index in [-0.39, 0.29) is 11.1 Å². The summed E-state index contributed by atoms with van der Waals surface area (Å²) in [4.78, 5) is 10.4. The Labute approximate surface area is 121 Å². The highest BCUT2D eigenvalue weighted by Crippen LogP contribution is 2.25. The van der Waals surface area contributed by atoms with Gasteiger partial charge in [0.2, 0.25) is 0 Å². The van der Waals surface area contributed by atoms with Crippen molar-refractivity contribution in [3.63, 3.8) is 0 Å². The van der Waals surface area contributed by atoms with Crippen LogP contribution in [0.15, 0.2) is 22.7 Å². The van der Waals surface area contributed by atoms with Gasteiger partial charge in [0.1, 0.15) is 0 Å². The number of nitro benzene ring substituents is 1. The quantitative estimate of drug-likeness (QED) is 0.643. The van der Waals surface area contributed by atoms with E-state index in [0.29, 0.717) is 17.6 Å². The third kappa shape index (κ3) is 4.89. The highest BCUT2D eigenvalue weighted by molar-refractivity contribution is 9.10. The Hall–Kier alpha value is -0.980. The molecule has 6 heteroatoms. The zero-order valence-electron chi connectivity index (χ0n) is 11.3. The minimum atomic E-state index is -0.460. The van der Waals surface area contributed by atoms with E-state index in [1.54, 1.807) is 6.07 Å². The monoisotopic (exact) mass is 330 g/mol. The van der Waals surface area contributed by atoms with Gasteiger partial charge in [-0.25, -0.2) is 0 Å². The lowest BCUT2D eigenvalue weighted by atomic mass is 9.89. The molecule has 0 saturated heterocycles. The van der Waals surface area contributed by atoms with Crippen LogP contribution in [0.5, 0.6) is 0 Å². The fraction of sp³-hybridized carbons (Fsp3) is 0.538. The molecular weight excluding hydrogens is 312 g/mol. The van der Waals surface area contributed by atoms with E-state index in [9.17, 15) is 15.2 Å². The van der Waals surface area contributed by atoms with Gasteiger partial charge in [-0.15, -0.1) is 0 Å². The zero-order valence-corrected chi connectivity index (χ0v) is 12.9. The predicted molar refractivity (Wildman–Crippen MR) is 78.0 cm³/mol. The van der Waals surface area contributed by atoms with E-state index >= 15 is 0 Å². The van der Waals surface area contributed by atoms with Crippen molar-refractivity contribution in [3.8, 4) is 0 Å². The van der Waals surface area contributed by atoms with Crippen LogP contribution in [-0.4, -0.2) is 22.7 Å². The summed E-state index contributed by atoms with van der Waals surface area (Å²) >= 11 is 3.15. The Morgan fingerprint density at radius 1 is 1.47 bits per heavy atom. The van der Waals surface area contributed by atoms with Crippen LogP contribution in [0, 0.1) is 15.5 Å². The molecule has 0 aromatic heterocycles. The van der Waals surface area contributed by atoms with E-state index in [4.69, 9.17) is 0 Å². The largest absolute Gasteiger partial charge is 0.391 e. The molecule has 0 radical (unpaired) electrons. The number of nitrogens with one attached hydrogen (secondary N) is 1. The van der Waals surface area contributed by atoms with Crippen LogP contribution in [0.25, 0.3) is 0 Å². The van der Waals surface area contributed by atoms with Gasteiger partial charge in [-0.1, -0.05) is 26.8 Å². The third-order valence-electron chi connectivity index (χ3n) is 2.87. The summed E-state index contributed by atoms with van der Waals surface area (Å²) in [7, 11) is 0. The van der Waals surface area contributed by atoms with Crippen molar-refractivity contribution in [2.75, 3.05) is 6.54 Å². The summed E-state index contributed by atoms with van der Waals surface area (Å²) in [6, 6.07) is 5.00. The second kappa shape index (κ2) is 6.45. The first-order valence-corrected chi connectivity index (χ1v) is 6.82. The van der Waals surface area contributed by atoms with E-state index in [2.05, 4.69) is 21.2 Å². The number of nitro groups is 1. The fourth-order valence-electron chi connectivity index (χ4n) is 1.47. The summed E-state index contributed by atoms with van der Waals surface area (Å²) in [6.45, 7) is 6.83. The summed E-state index contributed by atoms with van der Waals surface area (Å²) in [5, 5.41) is 23.8. The van der Waals surface area contributed by atoms with Gasteiger partial charge in [-0.05, 0) is 33.0 Å². The van der Waals surface area contributed by atoms with Gasteiger partial charge < -0.3 is 10.4 Å². The fourth-order valence-corrected chi connectivity index (χ4v) is 1.86. The molecule has 0 spiro atoms. The van der Waals surface area contributed by atoms with Gasteiger partial charge >= 0.3 is 0 Å². The number of aliphatic hydroxyl groups is 1. The molecule has 0 fully saturated rings. The number of hydrogen-bond acceptors (Lipinski definition) is 4. The number of nitrogens with zero attached hydrogens (tertiary/aromatic N) is 1. The van der Waals surface area contributed by atoms with E-state index < -0.39 is 11.0 Å². The maximum atomic E-state index is 10.8. The smallest absolute Gasteiger partial charge is 0.283 e. The Morgan fingerprint density at radius 2 is 2.11 bits per heavy atom. The minimum Gasteiger partial charge on any atom is -0.391 e. The third-order valence-corrected chi connectivity index (χ3v) is 3.54. The summed E-state index contributed by atoms with van der Waals surface area (Å²) < 4.78 is 0.468. The van der Waals surface area contributed by atoms with Gasteiger partial charge in [-0.2, -0.15) is 0 Å². The first-order chi connectivity index (χ1) is 8.71. The molecule has 106 valence electrons. The molecule has 19 heavy (non-hydrogen) atoms. The summed E-state index contributed by atoms with van der Waals surface area (Å²) in [5.74, 6) is 0. The average Bonchev–Trinajstić information content (AvgIpc) is 2.29. The van der Waals surface area contributed by atoms with Crippen LogP contribution < -0.4 is 5.32 Å². The van der Waals surface area contributed by atoms with Crippen molar-refractivity contribution in [2.24, 2.45) is 5.41 Å². The van der Waals surface area contributed by atoms with Crippen molar-refractivity contribution in [3.05, 3.63) is 38.3 Å². The molecule has 0 saturated carbocycles. The van der Waals surface area contributed by atoms with Crippen LogP contribution in [0.4, 0.5) is 5.69 Å². The first-order valence-electron chi connectivity index (χ1n) is 6.03. The Morgan fingerprint density at radius 3 is 2.63 bits per heavy atom. The average molecular weight is 331 g/mol.